The zero-order valence-corrected chi connectivity index (χ0v) is 13.4. The monoisotopic (exact) mass is 335 g/mol. The summed E-state index contributed by atoms with van der Waals surface area (Å²) in [6.45, 7) is -0.144. The fourth-order valence-corrected chi connectivity index (χ4v) is 2.94. The second kappa shape index (κ2) is 7.77. The van der Waals surface area contributed by atoms with Crippen LogP contribution >= 0.6 is 22.9 Å². The maximum Gasteiger partial charge on any atom is 0.325 e. The van der Waals surface area contributed by atoms with Gasteiger partial charge in [-0.2, -0.15) is 0 Å². The van der Waals surface area contributed by atoms with Crippen LogP contribution in [0.4, 0.5) is 0 Å². The molecule has 1 aromatic carbocycles. The van der Waals surface area contributed by atoms with E-state index in [0.29, 0.717) is 5.02 Å². The summed E-state index contributed by atoms with van der Waals surface area (Å²) in [5, 5.41) is 3.12. The molecule has 1 amide bonds. The van der Waals surface area contributed by atoms with E-state index in [0.717, 1.165) is 15.3 Å². The number of esters is 1. The first-order chi connectivity index (χ1) is 10.6. The molecule has 1 heterocycles. The van der Waals surface area contributed by atoms with Crippen molar-refractivity contribution in [3.8, 4) is 10.4 Å². The highest BCUT2D eigenvalue weighted by Crippen LogP contribution is 2.33. The van der Waals surface area contributed by atoms with Crippen LogP contribution in [-0.2, 0) is 14.3 Å². The van der Waals surface area contributed by atoms with E-state index in [1.165, 1.54) is 24.5 Å². The number of hydrogen-bond acceptors (Lipinski definition) is 4. The van der Waals surface area contributed by atoms with Crippen LogP contribution in [0.2, 0.25) is 5.02 Å². The zero-order valence-electron chi connectivity index (χ0n) is 11.8. The van der Waals surface area contributed by atoms with Crippen molar-refractivity contribution < 1.29 is 14.3 Å². The van der Waals surface area contributed by atoms with Gasteiger partial charge in [-0.3, -0.25) is 9.59 Å². The number of carbonyl (C=O) groups is 2. The van der Waals surface area contributed by atoms with Crippen molar-refractivity contribution >= 4 is 40.9 Å². The summed E-state index contributed by atoms with van der Waals surface area (Å²) in [5.74, 6) is -0.836. The molecule has 0 saturated carbocycles. The van der Waals surface area contributed by atoms with Crippen LogP contribution in [0.25, 0.3) is 16.5 Å². The molecule has 0 saturated heterocycles. The maximum atomic E-state index is 11.5. The molecule has 4 nitrogen and oxygen atoms in total. The second-order valence-corrected chi connectivity index (χ2v) is 5.83. The fourth-order valence-electron chi connectivity index (χ4n) is 1.70. The van der Waals surface area contributed by atoms with Gasteiger partial charge in [0.1, 0.15) is 6.54 Å². The highest BCUT2D eigenvalue weighted by Gasteiger charge is 2.06. The highest BCUT2D eigenvalue weighted by molar-refractivity contribution is 7.16. The minimum Gasteiger partial charge on any atom is -0.468 e. The van der Waals surface area contributed by atoms with E-state index in [9.17, 15) is 9.59 Å². The van der Waals surface area contributed by atoms with Gasteiger partial charge in [0.15, 0.2) is 0 Å². The first-order valence-corrected chi connectivity index (χ1v) is 7.67. The lowest BCUT2D eigenvalue weighted by molar-refractivity contribution is -0.140. The van der Waals surface area contributed by atoms with Gasteiger partial charge in [0.05, 0.1) is 7.11 Å². The standard InChI is InChI=1S/C16H14ClNO3S/c1-21-16(20)10-18-15(19)9-7-11-6-8-14(22-11)12-4-2-3-5-13(12)17/h2-9H,10H2,1H3,(H,18,19)/b9-7+. The van der Waals surface area contributed by atoms with Crippen molar-refractivity contribution in [2.24, 2.45) is 0 Å². The number of benzene rings is 1. The van der Waals surface area contributed by atoms with Gasteiger partial charge in [0.25, 0.3) is 0 Å². The SMILES string of the molecule is COC(=O)CNC(=O)/C=C/c1ccc(-c2ccccc2Cl)s1. The molecule has 2 rings (SSSR count). The molecular weight excluding hydrogens is 322 g/mol. The third-order valence-corrected chi connectivity index (χ3v) is 4.21. The third kappa shape index (κ3) is 4.44. The number of thiophene rings is 1. The molecule has 0 radical (unpaired) electrons. The van der Waals surface area contributed by atoms with Crippen LogP contribution < -0.4 is 5.32 Å². The Labute approximate surface area is 137 Å². The van der Waals surface area contributed by atoms with Gasteiger partial charge in [0.2, 0.25) is 5.91 Å². The number of ether oxygens (including phenoxy) is 1. The van der Waals surface area contributed by atoms with E-state index in [2.05, 4.69) is 10.1 Å². The van der Waals surface area contributed by atoms with Crippen LogP contribution in [0.15, 0.2) is 42.5 Å². The lowest BCUT2D eigenvalue weighted by atomic mass is 10.2. The number of halogens is 1. The first-order valence-electron chi connectivity index (χ1n) is 6.47. The smallest absolute Gasteiger partial charge is 0.325 e. The molecule has 1 N–H and O–H groups in total. The van der Waals surface area contributed by atoms with Gasteiger partial charge in [0, 0.05) is 26.4 Å². The molecule has 0 aliphatic heterocycles. The van der Waals surface area contributed by atoms with E-state index in [1.54, 1.807) is 6.08 Å². The molecule has 0 aliphatic carbocycles. The van der Waals surface area contributed by atoms with E-state index in [-0.39, 0.29) is 12.5 Å². The molecular formula is C16H14ClNO3S. The fraction of sp³-hybridized carbons (Fsp3) is 0.125. The normalized spacial score (nSPS) is 10.6. The number of hydrogen-bond donors (Lipinski definition) is 1. The summed E-state index contributed by atoms with van der Waals surface area (Å²) in [6, 6.07) is 11.5. The molecule has 1 aromatic heterocycles. The van der Waals surface area contributed by atoms with E-state index >= 15 is 0 Å². The van der Waals surface area contributed by atoms with Gasteiger partial charge < -0.3 is 10.1 Å². The summed E-state index contributed by atoms with van der Waals surface area (Å²) in [5.41, 5.74) is 0.962. The quantitative estimate of drug-likeness (QED) is 0.673. The van der Waals surface area contributed by atoms with Crippen LogP contribution in [0.5, 0.6) is 0 Å². The molecule has 0 aliphatic rings. The first kappa shape index (κ1) is 16.3. The Kier molecular flexibility index (Phi) is 5.75. The van der Waals surface area contributed by atoms with Crippen molar-refractivity contribution in [3.63, 3.8) is 0 Å². The average molecular weight is 336 g/mol. The lowest BCUT2D eigenvalue weighted by Gasteiger charge is -1.99. The minimum absolute atomic E-state index is 0.144. The van der Waals surface area contributed by atoms with Crippen molar-refractivity contribution in [1.29, 1.82) is 0 Å². The van der Waals surface area contributed by atoms with Gasteiger partial charge >= 0.3 is 5.97 Å². The van der Waals surface area contributed by atoms with E-state index < -0.39 is 5.97 Å². The van der Waals surface area contributed by atoms with Gasteiger partial charge in [-0.15, -0.1) is 11.3 Å². The highest BCUT2D eigenvalue weighted by atomic mass is 35.5. The summed E-state index contributed by atoms with van der Waals surface area (Å²) in [6.07, 6.45) is 3.07. The predicted octanol–water partition coefficient (Wildman–Crippen LogP) is 3.37. The molecule has 0 unspecified atom stereocenters. The second-order valence-electron chi connectivity index (χ2n) is 4.31. The number of nitrogens with one attached hydrogen (secondary N) is 1. The molecule has 0 bridgehead atoms. The van der Waals surface area contributed by atoms with Crippen molar-refractivity contribution in [1.82, 2.24) is 5.32 Å². The topological polar surface area (TPSA) is 55.4 Å². The molecule has 0 fully saturated rings. The van der Waals surface area contributed by atoms with Crippen LogP contribution in [0.1, 0.15) is 4.88 Å². The molecule has 114 valence electrons. The van der Waals surface area contributed by atoms with Gasteiger partial charge in [-0.05, 0) is 24.3 Å². The Morgan fingerprint density at radius 1 is 1.27 bits per heavy atom. The Balaban J connectivity index is 2.00. The van der Waals surface area contributed by atoms with E-state index in [4.69, 9.17) is 11.6 Å². The summed E-state index contributed by atoms with van der Waals surface area (Å²) in [7, 11) is 1.27. The number of rotatable bonds is 5. The number of amides is 1. The van der Waals surface area contributed by atoms with E-state index in [1.807, 2.05) is 36.4 Å². The van der Waals surface area contributed by atoms with Crippen molar-refractivity contribution in [2.75, 3.05) is 13.7 Å². The Morgan fingerprint density at radius 2 is 2.05 bits per heavy atom. The lowest BCUT2D eigenvalue weighted by Crippen LogP contribution is -2.28. The average Bonchev–Trinajstić information content (AvgIpc) is 2.99. The predicted molar refractivity (Wildman–Crippen MR) is 88.8 cm³/mol. The number of carbonyl (C=O) groups excluding carboxylic acids is 2. The Hall–Kier alpha value is -2.11. The molecule has 6 heteroatoms. The van der Waals surface area contributed by atoms with Crippen LogP contribution in [0.3, 0.4) is 0 Å². The maximum absolute atomic E-state index is 11.5. The van der Waals surface area contributed by atoms with Crippen LogP contribution in [0, 0.1) is 0 Å². The largest absolute Gasteiger partial charge is 0.468 e. The summed E-state index contributed by atoms with van der Waals surface area (Å²) in [4.78, 5) is 24.4. The zero-order chi connectivity index (χ0) is 15.9. The summed E-state index contributed by atoms with van der Waals surface area (Å²) < 4.78 is 4.44. The van der Waals surface area contributed by atoms with Crippen molar-refractivity contribution in [3.05, 3.63) is 52.4 Å². The summed E-state index contributed by atoms with van der Waals surface area (Å²) >= 11 is 7.69. The van der Waals surface area contributed by atoms with Crippen molar-refractivity contribution in [2.45, 2.75) is 0 Å². The Morgan fingerprint density at radius 3 is 2.77 bits per heavy atom. The van der Waals surface area contributed by atoms with Gasteiger partial charge in [-0.25, -0.2) is 0 Å². The minimum atomic E-state index is -0.487. The number of methoxy groups -OCH3 is 1. The molecule has 0 spiro atoms. The third-order valence-electron chi connectivity index (χ3n) is 2.80. The molecule has 22 heavy (non-hydrogen) atoms. The van der Waals surface area contributed by atoms with Crippen LogP contribution in [-0.4, -0.2) is 25.5 Å². The Bertz CT molecular complexity index is 709. The molecule has 2 aromatic rings. The van der Waals surface area contributed by atoms with Gasteiger partial charge in [-0.1, -0.05) is 29.8 Å². The molecule has 0 atom stereocenters.